The number of ether oxygens (including phenoxy) is 1. The first-order valence-electron chi connectivity index (χ1n) is 6.31. The number of halogens is 9. The fourth-order valence-electron chi connectivity index (χ4n) is 1.26. The molecule has 0 spiro atoms. The fraction of sp³-hybridized carbons (Fsp3) is 0.917. The first-order valence-corrected chi connectivity index (χ1v) is 6.31. The van der Waals surface area contributed by atoms with Crippen molar-refractivity contribution in [1.29, 1.82) is 0 Å². The van der Waals surface area contributed by atoms with Crippen molar-refractivity contribution in [1.82, 2.24) is 5.32 Å². The minimum absolute atomic E-state index is 0.0576. The van der Waals surface area contributed by atoms with E-state index in [9.17, 15) is 44.3 Å². The normalized spacial score (nSPS) is 15.2. The molecule has 0 heterocycles. The monoisotopic (exact) mass is 377 g/mol. The standard InChI is InChI=1S/C12H16F9NO2/c1-7(2,3)8(4,5)24-6(23)22-9(10(13,14)15,11(16,17)18)12(19,20)21/h1-5H3,(H,22,23). The van der Waals surface area contributed by atoms with E-state index in [2.05, 4.69) is 4.74 Å². The second-order valence-corrected chi connectivity index (χ2v) is 6.52. The third-order valence-electron chi connectivity index (χ3n) is 3.72. The highest BCUT2D eigenvalue weighted by Gasteiger charge is 2.85. The number of carbonyl (C=O) groups is 1. The second-order valence-electron chi connectivity index (χ2n) is 6.52. The lowest BCUT2D eigenvalue weighted by Gasteiger charge is -2.41. The van der Waals surface area contributed by atoms with Crippen molar-refractivity contribution in [2.75, 3.05) is 0 Å². The predicted octanol–water partition coefficient (Wildman–Crippen LogP) is 4.96. The van der Waals surface area contributed by atoms with Crippen LogP contribution in [0.2, 0.25) is 0 Å². The van der Waals surface area contributed by atoms with Gasteiger partial charge in [-0.25, -0.2) is 4.79 Å². The van der Waals surface area contributed by atoms with Crippen LogP contribution >= 0.6 is 0 Å². The molecule has 0 aromatic heterocycles. The first-order chi connectivity index (χ1) is 10.1. The third kappa shape index (κ3) is 4.00. The summed E-state index contributed by atoms with van der Waals surface area (Å²) in [5.74, 6) is 0. The number of carbonyl (C=O) groups excluding carboxylic acids is 1. The van der Waals surface area contributed by atoms with Gasteiger partial charge in [-0.1, -0.05) is 20.8 Å². The van der Waals surface area contributed by atoms with Crippen LogP contribution in [0, 0.1) is 5.41 Å². The first kappa shape index (κ1) is 22.6. The van der Waals surface area contributed by atoms with Gasteiger partial charge in [-0.15, -0.1) is 0 Å². The number of nitrogens with one attached hydrogen (secondary N) is 1. The summed E-state index contributed by atoms with van der Waals surface area (Å²) < 4.78 is 119. The number of hydrogen-bond acceptors (Lipinski definition) is 2. The second kappa shape index (κ2) is 5.87. The Labute approximate surface area is 131 Å². The molecule has 0 aromatic carbocycles. The molecule has 1 amide bonds. The van der Waals surface area contributed by atoms with Crippen molar-refractivity contribution < 1.29 is 49.0 Å². The Morgan fingerprint density at radius 3 is 1.21 bits per heavy atom. The summed E-state index contributed by atoms with van der Waals surface area (Å²) >= 11 is 0. The molecule has 0 unspecified atom stereocenters. The summed E-state index contributed by atoms with van der Waals surface area (Å²) in [6, 6.07) is 0. The molecular weight excluding hydrogens is 361 g/mol. The van der Waals surface area contributed by atoms with Crippen LogP contribution < -0.4 is 5.32 Å². The molecule has 3 nitrogen and oxygen atoms in total. The third-order valence-corrected chi connectivity index (χ3v) is 3.72. The van der Waals surface area contributed by atoms with Gasteiger partial charge in [0, 0.05) is 5.41 Å². The zero-order chi connectivity index (χ0) is 20.0. The molecule has 0 rings (SSSR count). The van der Waals surface area contributed by atoms with Crippen molar-refractivity contribution in [2.24, 2.45) is 5.41 Å². The number of hydrogen-bond donors (Lipinski definition) is 1. The Morgan fingerprint density at radius 1 is 0.708 bits per heavy atom. The maximum Gasteiger partial charge on any atom is 0.429 e. The molecule has 0 aliphatic heterocycles. The summed E-state index contributed by atoms with van der Waals surface area (Å²) in [5, 5.41) is -0.0576. The molecule has 0 aromatic rings. The van der Waals surface area contributed by atoms with Crippen LogP contribution in [-0.4, -0.2) is 35.8 Å². The largest absolute Gasteiger partial charge is 0.443 e. The van der Waals surface area contributed by atoms with E-state index >= 15 is 0 Å². The highest BCUT2D eigenvalue weighted by Crippen LogP contribution is 2.52. The van der Waals surface area contributed by atoms with Gasteiger partial charge in [0.15, 0.2) is 0 Å². The number of amides is 1. The van der Waals surface area contributed by atoms with E-state index in [0.717, 1.165) is 13.8 Å². The molecule has 0 radical (unpaired) electrons. The van der Waals surface area contributed by atoms with Crippen LogP contribution in [0.25, 0.3) is 0 Å². The van der Waals surface area contributed by atoms with Gasteiger partial charge in [-0.3, -0.25) is 5.32 Å². The van der Waals surface area contributed by atoms with Crippen LogP contribution in [0.15, 0.2) is 0 Å². The fourth-order valence-corrected chi connectivity index (χ4v) is 1.26. The Morgan fingerprint density at radius 2 is 1.00 bits per heavy atom. The van der Waals surface area contributed by atoms with Gasteiger partial charge in [0.2, 0.25) is 0 Å². The van der Waals surface area contributed by atoms with Crippen molar-refractivity contribution in [3.63, 3.8) is 0 Å². The number of alkyl carbamates (subject to hydrolysis) is 1. The van der Waals surface area contributed by atoms with E-state index in [1.54, 1.807) is 0 Å². The topological polar surface area (TPSA) is 38.3 Å². The summed E-state index contributed by atoms with van der Waals surface area (Å²) in [6.07, 6.45) is -23.2. The lowest BCUT2D eigenvalue weighted by Crippen LogP contribution is -2.75. The maximum atomic E-state index is 12.7. The van der Waals surface area contributed by atoms with Crippen molar-refractivity contribution in [2.45, 2.75) is 64.3 Å². The minimum atomic E-state index is -6.89. The van der Waals surface area contributed by atoms with E-state index in [0.29, 0.717) is 0 Å². The summed E-state index contributed by atoms with van der Waals surface area (Å²) in [5.41, 5.74) is -9.09. The average Bonchev–Trinajstić information content (AvgIpc) is 2.17. The van der Waals surface area contributed by atoms with Gasteiger partial charge in [0.05, 0.1) is 0 Å². The van der Waals surface area contributed by atoms with Gasteiger partial charge < -0.3 is 4.74 Å². The molecule has 0 bridgehead atoms. The Hall–Kier alpha value is -1.36. The molecule has 24 heavy (non-hydrogen) atoms. The Kier molecular flexibility index (Phi) is 5.53. The van der Waals surface area contributed by atoms with Crippen LogP contribution in [0.5, 0.6) is 0 Å². The van der Waals surface area contributed by atoms with Gasteiger partial charge in [-0.2, -0.15) is 39.5 Å². The summed E-state index contributed by atoms with van der Waals surface area (Å²) in [4.78, 5) is 11.4. The maximum absolute atomic E-state index is 12.7. The average molecular weight is 377 g/mol. The van der Waals surface area contributed by atoms with E-state index < -0.39 is 41.2 Å². The number of alkyl halides is 9. The molecule has 1 N–H and O–H groups in total. The van der Waals surface area contributed by atoms with Gasteiger partial charge in [0.25, 0.3) is 0 Å². The number of rotatable bonds is 2. The Bertz CT molecular complexity index is 433. The summed E-state index contributed by atoms with van der Waals surface area (Å²) in [7, 11) is 0. The van der Waals surface area contributed by atoms with E-state index in [4.69, 9.17) is 0 Å². The highest BCUT2D eigenvalue weighted by atomic mass is 19.4. The van der Waals surface area contributed by atoms with Gasteiger partial charge >= 0.3 is 30.2 Å². The molecule has 0 aliphatic rings. The SMILES string of the molecule is CC(C)(C)C(C)(C)OC(=O)NC(C(F)(F)F)(C(F)(F)F)C(F)(F)F. The predicted molar refractivity (Wildman–Crippen MR) is 64.0 cm³/mol. The molecule has 0 aliphatic carbocycles. The lowest BCUT2D eigenvalue weighted by atomic mass is 9.79. The van der Waals surface area contributed by atoms with Crippen LogP contribution in [0.4, 0.5) is 44.3 Å². The minimum Gasteiger partial charge on any atom is -0.443 e. The van der Waals surface area contributed by atoms with Gasteiger partial charge in [-0.05, 0) is 13.8 Å². The molecule has 12 heteroatoms. The molecular formula is C12H16F9NO2. The van der Waals surface area contributed by atoms with E-state index in [-0.39, 0.29) is 5.32 Å². The molecule has 144 valence electrons. The van der Waals surface area contributed by atoms with Crippen LogP contribution in [0.3, 0.4) is 0 Å². The zero-order valence-electron chi connectivity index (χ0n) is 13.2. The van der Waals surface area contributed by atoms with Crippen molar-refractivity contribution >= 4 is 6.09 Å². The molecule has 0 saturated carbocycles. The quantitative estimate of drug-likeness (QED) is 0.691. The zero-order valence-corrected chi connectivity index (χ0v) is 13.2. The highest BCUT2D eigenvalue weighted by molar-refractivity contribution is 5.69. The molecule has 0 saturated heterocycles. The van der Waals surface area contributed by atoms with E-state index in [1.165, 1.54) is 20.8 Å². The lowest BCUT2D eigenvalue weighted by molar-refractivity contribution is -0.387. The Balaban J connectivity index is 5.97. The van der Waals surface area contributed by atoms with E-state index in [1.807, 2.05) is 0 Å². The van der Waals surface area contributed by atoms with Gasteiger partial charge in [0.1, 0.15) is 5.60 Å². The van der Waals surface area contributed by atoms with Crippen molar-refractivity contribution in [3.05, 3.63) is 0 Å². The smallest absolute Gasteiger partial charge is 0.429 e. The van der Waals surface area contributed by atoms with Crippen LogP contribution in [0.1, 0.15) is 34.6 Å². The summed E-state index contributed by atoms with van der Waals surface area (Å²) in [6.45, 7) is 6.52. The molecule has 0 atom stereocenters. The van der Waals surface area contributed by atoms with Crippen LogP contribution in [-0.2, 0) is 4.74 Å². The molecule has 0 fully saturated rings. The van der Waals surface area contributed by atoms with Crippen molar-refractivity contribution in [3.8, 4) is 0 Å².